The van der Waals surface area contributed by atoms with Gasteiger partial charge in [0, 0.05) is 12.3 Å². The molecular formula is C20H30ClNO3. The van der Waals surface area contributed by atoms with E-state index in [1.807, 2.05) is 13.0 Å². The summed E-state index contributed by atoms with van der Waals surface area (Å²) in [4.78, 5) is 13.0. The lowest BCUT2D eigenvalue weighted by Gasteiger charge is -2.38. The van der Waals surface area contributed by atoms with E-state index in [9.17, 15) is 4.79 Å². The lowest BCUT2D eigenvalue weighted by molar-refractivity contribution is -0.148. The van der Waals surface area contributed by atoms with Crippen LogP contribution in [0.15, 0.2) is 18.2 Å². The first-order valence-corrected chi connectivity index (χ1v) is 9.76. The zero-order chi connectivity index (χ0) is 18.3. The van der Waals surface area contributed by atoms with Crippen LogP contribution in [0, 0.1) is 5.92 Å². The number of hydrogen-bond acceptors (Lipinski definition) is 3. The Morgan fingerprint density at radius 3 is 2.72 bits per heavy atom. The predicted molar refractivity (Wildman–Crippen MR) is 102 cm³/mol. The first-order valence-electron chi connectivity index (χ1n) is 9.38. The number of ether oxygens (including phenoxy) is 2. The molecule has 1 amide bonds. The Hall–Kier alpha value is -1.26. The van der Waals surface area contributed by atoms with Crippen LogP contribution in [-0.2, 0) is 9.53 Å². The second kappa shape index (κ2) is 9.44. The summed E-state index contributed by atoms with van der Waals surface area (Å²) in [6.45, 7) is 7.52. The van der Waals surface area contributed by atoms with Gasteiger partial charge in [-0.15, -0.1) is 0 Å². The van der Waals surface area contributed by atoms with E-state index in [2.05, 4.69) is 19.2 Å². The molecule has 0 radical (unpaired) electrons. The Kier molecular flexibility index (Phi) is 7.57. The zero-order valence-corrected chi connectivity index (χ0v) is 16.3. The molecule has 2 atom stereocenters. The van der Waals surface area contributed by atoms with Crippen molar-refractivity contribution in [2.75, 3.05) is 18.5 Å². The molecule has 0 bridgehead atoms. The van der Waals surface area contributed by atoms with Crippen molar-refractivity contribution in [1.29, 1.82) is 0 Å². The second-order valence-corrected chi connectivity index (χ2v) is 7.40. The molecule has 1 aromatic carbocycles. The third kappa shape index (κ3) is 5.35. The Morgan fingerprint density at radius 1 is 1.32 bits per heavy atom. The fourth-order valence-corrected chi connectivity index (χ4v) is 3.59. The van der Waals surface area contributed by atoms with Crippen LogP contribution in [0.1, 0.15) is 59.3 Å². The van der Waals surface area contributed by atoms with Gasteiger partial charge in [0.2, 0.25) is 0 Å². The van der Waals surface area contributed by atoms with Crippen LogP contribution in [0.5, 0.6) is 5.75 Å². The van der Waals surface area contributed by atoms with Crippen molar-refractivity contribution in [1.82, 2.24) is 0 Å². The van der Waals surface area contributed by atoms with E-state index < -0.39 is 5.60 Å². The molecule has 1 aliphatic rings. The SMILES string of the molecule is CCCOc1ccc(NC(=O)[C@@]2(OCCC)CCC[C@H](C)C2)cc1Cl. The van der Waals surface area contributed by atoms with E-state index in [1.54, 1.807) is 12.1 Å². The van der Waals surface area contributed by atoms with Crippen LogP contribution in [0.25, 0.3) is 0 Å². The molecule has 0 aliphatic heterocycles. The molecule has 1 saturated carbocycles. The molecule has 0 aromatic heterocycles. The third-order valence-electron chi connectivity index (χ3n) is 4.60. The fraction of sp³-hybridized carbons (Fsp3) is 0.650. The van der Waals surface area contributed by atoms with Gasteiger partial charge in [-0.2, -0.15) is 0 Å². The van der Waals surface area contributed by atoms with Crippen LogP contribution in [-0.4, -0.2) is 24.7 Å². The first-order chi connectivity index (χ1) is 12.0. The average molecular weight is 368 g/mol. The summed E-state index contributed by atoms with van der Waals surface area (Å²) in [5.74, 6) is 1.07. The minimum absolute atomic E-state index is 0.0641. The van der Waals surface area contributed by atoms with Gasteiger partial charge in [0.15, 0.2) is 0 Å². The Morgan fingerprint density at radius 2 is 2.08 bits per heavy atom. The van der Waals surface area contributed by atoms with Gasteiger partial charge in [-0.25, -0.2) is 0 Å². The van der Waals surface area contributed by atoms with Gasteiger partial charge in [0.05, 0.1) is 11.6 Å². The average Bonchev–Trinajstić information content (AvgIpc) is 2.59. The summed E-state index contributed by atoms with van der Waals surface area (Å²) in [6.07, 6.45) is 5.53. The summed E-state index contributed by atoms with van der Waals surface area (Å²) in [6, 6.07) is 5.37. The normalized spacial score (nSPS) is 23.3. The zero-order valence-electron chi connectivity index (χ0n) is 15.6. The van der Waals surface area contributed by atoms with E-state index in [4.69, 9.17) is 21.1 Å². The maximum Gasteiger partial charge on any atom is 0.256 e. The van der Waals surface area contributed by atoms with Crippen molar-refractivity contribution < 1.29 is 14.3 Å². The summed E-state index contributed by atoms with van der Waals surface area (Å²) in [5, 5.41) is 3.51. The van der Waals surface area contributed by atoms with Crippen LogP contribution in [0.4, 0.5) is 5.69 Å². The molecule has 1 aromatic rings. The molecule has 0 heterocycles. The summed E-state index contributed by atoms with van der Waals surface area (Å²) < 4.78 is 11.6. The largest absolute Gasteiger partial charge is 0.492 e. The molecule has 0 spiro atoms. The van der Waals surface area contributed by atoms with E-state index in [0.29, 0.717) is 35.6 Å². The van der Waals surface area contributed by atoms with Gasteiger partial charge >= 0.3 is 0 Å². The molecule has 1 aliphatic carbocycles. The van der Waals surface area contributed by atoms with Gasteiger partial charge in [0.1, 0.15) is 11.4 Å². The van der Waals surface area contributed by atoms with Crippen molar-refractivity contribution in [3.63, 3.8) is 0 Å². The highest BCUT2D eigenvalue weighted by molar-refractivity contribution is 6.32. The van der Waals surface area contributed by atoms with E-state index in [-0.39, 0.29) is 5.91 Å². The van der Waals surface area contributed by atoms with Gasteiger partial charge < -0.3 is 14.8 Å². The highest BCUT2D eigenvalue weighted by Crippen LogP contribution is 2.37. The number of benzene rings is 1. The van der Waals surface area contributed by atoms with Crippen LogP contribution in [0.3, 0.4) is 0 Å². The summed E-state index contributed by atoms with van der Waals surface area (Å²) in [5.41, 5.74) is -0.0473. The molecule has 0 unspecified atom stereocenters. The number of carbonyl (C=O) groups excluding carboxylic acids is 1. The third-order valence-corrected chi connectivity index (χ3v) is 4.90. The molecule has 2 rings (SSSR count). The molecule has 4 nitrogen and oxygen atoms in total. The van der Waals surface area contributed by atoms with Crippen LogP contribution < -0.4 is 10.1 Å². The van der Waals surface area contributed by atoms with Crippen molar-refractivity contribution in [2.24, 2.45) is 5.92 Å². The quantitative estimate of drug-likeness (QED) is 0.665. The lowest BCUT2D eigenvalue weighted by atomic mass is 9.78. The minimum atomic E-state index is -0.725. The second-order valence-electron chi connectivity index (χ2n) is 6.99. The number of carbonyl (C=O) groups is 1. The molecule has 140 valence electrons. The Bertz CT molecular complexity index is 578. The number of halogens is 1. The molecule has 25 heavy (non-hydrogen) atoms. The van der Waals surface area contributed by atoms with Gasteiger partial charge in [-0.1, -0.05) is 38.8 Å². The van der Waals surface area contributed by atoms with Crippen LogP contribution >= 0.6 is 11.6 Å². The maximum atomic E-state index is 13.0. The highest BCUT2D eigenvalue weighted by Gasteiger charge is 2.42. The van der Waals surface area contributed by atoms with E-state index in [0.717, 1.165) is 38.5 Å². The monoisotopic (exact) mass is 367 g/mol. The van der Waals surface area contributed by atoms with Crippen molar-refractivity contribution in [3.05, 3.63) is 23.2 Å². The fourth-order valence-electron chi connectivity index (χ4n) is 3.36. The van der Waals surface area contributed by atoms with Gasteiger partial charge in [-0.05, 0) is 56.2 Å². The lowest BCUT2D eigenvalue weighted by Crippen LogP contribution is -2.48. The Labute approximate surface area is 156 Å². The number of nitrogens with one attached hydrogen (secondary N) is 1. The predicted octanol–water partition coefficient (Wildman–Crippen LogP) is 5.44. The molecule has 0 saturated heterocycles. The number of amides is 1. The molecule has 5 heteroatoms. The molecule has 1 fully saturated rings. The van der Waals surface area contributed by atoms with Gasteiger partial charge in [0.25, 0.3) is 5.91 Å². The van der Waals surface area contributed by atoms with Crippen LogP contribution in [0.2, 0.25) is 5.02 Å². The molecule has 1 N–H and O–H groups in total. The number of rotatable bonds is 8. The standard InChI is InChI=1S/C20H30ClNO3/c1-4-11-24-18-9-8-16(13-17(18)21)22-19(23)20(25-12-5-2)10-6-7-15(3)14-20/h8-9,13,15H,4-7,10-12,14H2,1-3H3,(H,22,23)/t15-,20+/m0/s1. The Balaban J connectivity index is 2.10. The van der Waals surface area contributed by atoms with Crippen molar-refractivity contribution in [2.45, 2.75) is 64.9 Å². The first kappa shape index (κ1) is 20.1. The van der Waals surface area contributed by atoms with E-state index in [1.165, 1.54) is 0 Å². The number of anilines is 1. The molecular weight excluding hydrogens is 338 g/mol. The summed E-state index contributed by atoms with van der Waals surface area (Å²) in [7, 11) is 0. The minimum Gasteiger partial charge on any atom is -0.492 e. The van der Waals surface area contributed by atoms with Gasteiger partial charge in [-0.3, -0.25) is 4.79 Å². The van der Waals surface area contributed by atoms with E-state index >= 15 is 0 Å². The smallest absolute Gasteiger partial charge is 0.256 e. The number of hydrogen-bond donors (Lipinski definition) is 1. The highest BCUT2D eigenvalue weighted by atomic mass is 35.5. The summed E-state index contributed by atoms with van der Waals surface area (Å²) >= 11 is 6.27. The van der Waals surface area contributed by atoms with Crippen molar-refractivity contribution in [3.8, 4) is 5.75 Å². The topological polar surface area (TPSA) is 47.6 Å². The van der Waals surface area contributed by atoms with Crippen molar-refractivity contribution >= 4 is 23.2 Å². The maximum absolute atomic E-state index is 13.0.